The van der Waals surface area contributed by atoms with Gasteiger partial charge in [0.05, 0.1) is 0 Å². The summed E-state index contributed by atoms with van der Waals surface area (Å²) in [6, 6.07) is 4.11. The fraction of sp³-hybridized carbons (Fsp3) is 0.111. The van der Waals surface area contributed by atoms with Crippen LogP contribution >= 0.6 is 11.3 Å². The molecule has 0 unspecified atom stereocenters. The molecule has 0 aliphatic rings. The van der Waals surface area contributed by atoms with Crippen molar-refractivity contribution in [1.29, 1.82) is 0 Å². The molecule has 2 heterocycles. The molecule has 0 spiro atoms. The van der Waals surface area contributed by atoms with Gasteiger partial charge in [-0.05, 0) is 30.5 Å². The van der Waals surface area contributed by atoms with Gasteiger partial charge in [-0.3, -0.25) is 0 Å². The summed E-state index contributed by atoms with van der Waals surface area (Å²) >= 11 is 1.63. The zero-order chi connectivity index (χ0) is 7.68. The summed E-state index contributed by atoms with van der Waals surface area (Å²) in [6.45, 7) is 1.98. The Morgan fingerprint density at radius 1 is 1.55 bits per heavy atom. The third-order valence-electron chi connectivity index (χ3n) is 1.50. The lowest BCUT2D eigenvalue weighted by Crippen LogP contribution is -1.55. The number of thiophene rings is 1. The Hall–Kier alpha value is -1.02. The van der Waals surface area contributed by atoms with E-state index in [0.717, 1.165) is 10.7 Å². The van der Waals surface area contributed by atoms with E-state index in [1.54, 1.807) is 11.3 Å². The van der Waals surface area contributed by atoms with Gasteiger partial charge >= 0.3 is 0 Å². The molecular weight excluding hydrogens is 156 g/mol. The Bertz CT molecular complexity index is 352. The van der Waals surface area contributed by atoms with Crippen molar-refractivity contribution < 1.29 is 4.42 Å². The molecule has 11 heavy (non-hydrogen) atoms. The lowest BCUT2D eigenvalue weighted by molar-refractivity contribution is 0.612. The molecule has 0 amide bonds. The first-order chi connectivity index (χ1) is 5.40. The number of furan rings is 1. The van der Waals surface area contributed by atoms with Crippen molar-refractivity contribution >= 4 is 27.7 Å². The van der Waals surface area contributed by atoms with Crippen LogP contribution in [-0.4, -0.2) is 0 Å². The maximum absolute atomic E-state index is 5.48. The number of hydrogen-bond acceptors (Lipinski definition) is 2. The minimum atomic E-state index is 0.939. The molecule has 2 rings (SSSR count). The molecule has 0 saturated heterocycles. The Morgan fingerprint density at radius 2 is 2.45 bits per heavy atom. The van der Waals surface area contributed by atoms with E-state index in [1.165, 1.54) is 5.39 Å². The standard InChI is InChI=1S/C9H8OS/c1-2-3-8-6-7-4-5-11-9(7)10-8/h2-6H,1H3/b3-2+. The summed E-state index contributed by atoms with van der Waals surface area (Å²) in [5.41, 5.74) is 0. The molecule has 0 aromatic carbocycles. The summed E-state index contributed by atoms with van der Waals surface area (Å²) in [6.07, 6.45) is 3.94. The SMILES string of the molecule is C/C=C/c1cc2ccsc2o1. The third kappa shape index (κ3) is 1.10. The van der Waals surface area contributed by atoms with Crippen molar-refractivity contribution in [3.63, 3.8) is 0 Å². The van der Waals surface area contributed by atoms with Gasteiger partial charge in [-0.15, -0.1) is 11.3 Å². The van der Waals surface area contributed by atoms with Crippen LogP contribution in [0.5, 0.6) is 0 Å². The van der Waals surface area contributed by atoms with Gasteiger partial charge < -0.3 is 4.42 Å². The minimum Gasteiger partial charge on any atom is -0.446 e. The average Bonchev–Trinajstić information content (AvgIpc) is 2.46. The van der Waals surface area contributed by atoms with E-state index in [4.69, 9.17) is 4.42 Å². The van der Waals surface area contributed by atoms with Gasteiger partial charge in [0.1, 0.15) is 5.76 Å². The highest BCUT2D eigenvalue weighted by molar-refractivity contribution is 7.16. The molecule has 0 aliphatic carbocycles. The van der Waals surface area contributed by atoms with E-state index in [2.05, 4.69) is 6.07 Å². The van der Waals surface area contributed by atoms with Crippen LogP contribution in [0.4, 0.5) is 0 Å². The van der Waals surface area contributed by atoms with Crippen LogP contribution in [0.1, 0.15) is 12.7 Å². The van der Waals surface area contributed by atoms with Gasteiger partial charge in [-0.2, -0.15) is 0 Å². The van der Waals surface area contributed by atoms with Crippen LogP contribution in [0.25, 0.3) is 16.4 Å². The van der Waals surface area contributed by atoms with Crippen molar-refractivity contribution in [3.05, 3.63) is 29.3 Å². The van der Waals surface area contributed by atoms with Crippen LogP contribution in [0.3, 0.4) is 0 Å². The highest BCUT2D eigenvalue weighted by Gasteiger charge is 1.99. The predicted molar refractivity (Wildman–Crippen MR) is 48.8 cm³/mol. The molecular formula is C9H8OS. The first-order valence-corrected chi connectivity index (χ1v) is 4.38. The summed E-state index contributed by atoms with van der Waals surface area (Å²) in [5, 5.41) is 3.23. The smallest absolute Gasteiger partial charge is 0.188 e. The second-order valence-electron chi connectivity index (χ2n) is 2.31. The van der Waals surface area contributed by atoms with Crippen molar-refractivity contribution in [2.24, 2.45) is 0 Å². The van der Waals surface area contributed by atoms with E-state index < -0.39 is 0 Å². The third-order valence-corrected chi connectivity index (χ3v) is 2.30. The minimum absolute atomic E-state index is 0.939. The second-order valence-corrected chi connectivity index (χ2v) is 3.19. The van der Waals surface area contributed by atoms with Crippen molar-refractivity contribution in [3.8, 4) is 0 Å². The van der Waals surface area contributed by atoms with Crippen molar-refractivity contribution in [1.82, 2.24) is 0 Å². The maximum atomic E-state index is 5.48. The number of fused-ring (bicyclic) bond motifs is 1. The monoisotopic (exact) mass is 164 g/mol. The van der Waals surface area contributed by atoms with E-state index in [0.29, 0.717) is 0 Å². The summed E-state index contributed by atoms with van der Waals surface area (Å²) < 4.78 is 5.48. The van der Waals surface area contributed by atoms with Crippen molar-refractivity contribution in [2.45, 2.75) is 6.92 Å². The van der Waals surface area contributed by atoms with Crippen molar-refractivity contribution in [2.75, 3.05) is 0 Å². The predicted octanol–water partition coefficient (Wildman–Crippen LogP) is 3.53. The molecule has 0 atom stereocenters. The molecule has 0 saturated carbocycles. The van der Waals surface area contributed by atoms with Gasteiger partial charge in [0.25, 0.3) is 0 Å². The Kier molecular flexibility index (Phi) is 1.55. The first kappa shape index (κ1) is 6.68. The molecule has 0 N–H and O–H groups in total. The quantitative estimate of drug-likeness (QED) is 0.628. The molecule has 2 aromatic heterocycles. The molecule has 56 valence electrons. The molecule has 2 aromatic rings. The molecule has 2 heteroatoms. The van der Waals surface area contributed by atoms with Gasteiger partial charge in [0, 0.05) is 5.39 Å². The molecule has 1 nitrogen and oxygen atoms in total. The Balaban J connectivity index is 2.58. The number of hydrogen-bond donors (Lipinski definition) is 0. The van der Waals surface area contributed by atoms with Crippen LogP contribution in [0.2, 0.25) is 0 Å². The molecule has 0 bridgehead atoms. The van der Waals surface area contributed by atoms with Gasteiger partial charge in [0.15, 0.2) is 4.90 Å². The van der Waals surface area contributed by atoms with E-state index >= 15 is 0 Å². The summed E-state index contributed by atoms with van der Waals surface area (Å²) in [4.78, 5) is 1.01. The second kappa shape index (κ2) is 2.55. The first-order valence-electron chi connectivity index (χ1n) is 3.50. The van der Waals surface area contributed by atoms with E-state index in [1.807, 2.05) is 30.5 Å². The largest absolute Gasteiger partial charge is 0.446 e. The van der Waals surface area contributed by atoms with Crippen LogP contribution in [0, 0.1) is 0 Å². The Morgan fingerprint density at radius 3 is 3.18 bits per heavy atom. The molecule has 0 radical (unpaired) electrons. The lowest BCUT2D eigenvalue weighted by atomic mass is 10.3. The van der Waals surface area contributed by atoms with Gasteiger partial charge in [-0.25, -0.2) is 0 Å². The maximum Gasteiger partial charge on any atom is 0.188 e. The molecule has 0 fully saturated rings. The van der Waals surface area contributed by atoms with E-state index in [-0.39, 0.29) is 0 Å². The fourth-order valence-corrected chi connectivity index (χ4v) is 1.78. The summed E-state index contributed by atoms with van der Waals surface area (Å²) in [5.74, 6) is 0.939. The van der Waals surface area contributed by atoms with Gasteiger partial charge in [0.2, 0.25) is 0 Å². The van der Waals surface area contributed by atoms with Gasteiger partial charge in [-0.1, -0.05) is 6.08 Å². The molecule has 0 aliphatic heterocycles. The van der Waals surface area contributed by atoms with E-state index in [9.17, 15) is 0 Å². The lowest BCUT2D eigenvalue weighted by Gasteiger charge is -1.78. The van der Waals surface area contributed by atoms with Crippen LogP contribution < -0.4 is 0 Å². The zero-order valence-corrected chi connectivity index (χ0v) is 7.02. The normalized spacial score (nSPS) is 11.7. The fourth-order valence-electron chi connectivity index (χ4n) is 1.03. The topological polar surface area (TPSA) is 13.1 Å². The average molecular weight is 164 g/mol. The van der Waals surface area contributed by atoms with Crippen LogP contribution in [0.15, 0.2) is 28.0 Å². The number of rotatable bonds is 1. The van der Waals surface area contributed by atoms with Crippen LogP contribution in [-0.2, 0) is 0 Å². The highest BCUT2D eigenvalue weighted by atomic mass is 32.1. The summed E-state index contributed by atoms with van der Waals surface area (Å²) in [7, 11) is 0. The zero-order valence-electron chi connectivity index (χ0n) is 6.20. The highest BCUT2D eigenvalue weighted by Crippen LogP contribution is 2.24. The Labute approximate surface area is 69.0 Å². The number of allylic oxidation sites excluding steroid dienone is 1.